The molecule has 15 heteroatoms. The van der Waals surface area contributed by atoms with Crippen molar-refractivity contribution in [1.82, 2.24) is 4.90 Å². The number of methoxy groups -OCH3 is 1. The van der Waals surface area contributed by atoms with Crippen LogP contribution in [0.1, 0.15) is 63.4 Å². The molecule has 2 aliphatic heterocycles. The van der Waals surface area contributed by atoms with Gasteiger partial charge in [-0.1, -0.05) is 47.8 Å². The van der Waals surface area contributed by atoms with Gasteiger partial charge in [-0.15, -0.1) is 0 Å². The number of benzene rings is 3. The summed E-state index contributed by atoms with van der Waals surface area (Å²) in [6.45, 7) is 0.153. The second-order valence-corrected chi connectivity index (χ2v) is 12.8. The van der Waals surface area contributed by atoms with Crippen molar-refractivity contribution < 1.29 is 33.4 Å². The molecule has 1 amide bonds. The minimum absolute atomic E-state index is 0.0117. The van der Waals surface area contributed by atoms with Gasteiger partial charge < -0.3 is 10.1 Å². The molecule has 3 aromatic rings. The van der Waals surface area contributed by atoms with E-state index in [0.717, 1.165) is 38.5 Å². The second kappa shape index (κ2) is 12.3. The highest BCUT2D eigenvalue weighted by Gasteiger charge is 2.71. The molecule has 1 aliphatic carbocycles. The first kappa shape index (κ1) is 32.5. The number of nitro benzene ring substituents is 1. The Hall–Kier alpha value is -4.46. The molecule has 3 aromatic carbocycles. The summed E-state index contributed by atoms with van der Waals surface area (Å²) in [5, 5.41) is 28.0. The molecule has 6 rings (SSSR count). The molecule has 47 heavy (non-hydrogen) atoms. The molecule has 244 valence electrons. The summed E-state index contributed by atoms with van der Waals surface area (Å²) in [6, 6.07) is 8.78. The monoisotopic (exact) mass is 684 g/mol. The highest BCUT2D eigenvalue weighted by atomic mass is 35.5. The average Bonchev–Trinajstić information content (AvgIpc) is 3.45. The number of ether oxygens (including phenoxy) is 1. The van der Waals surface area contributed by atoms with Crippen LogP contribution in [0.5, 0.6) is 0 Å². The number of carbonyl (C=O) groups is 3. The fourth-order valence-corrected chi connectivity index (χ4v) is 7.69. The average molecular weight is 685 g/mol. The summed E-state index contributed by atoms with van der Waals surface area (Å²) in [5.41, 5.74) is -2.68. The van der Waals surface area contributed by atoms with Crippen molar-refractivity contribution in [3.8, 4) is 0 Å². The van der Waals surface area contributed by atoms with E-state index in [1.165, 1.54) is 36.4 Å². The number of anilines is 1. The molecule has 1 saturated heterocycles. The number of fused-ring (bicyclic) bond motifs is 2. The highest BCUT2D eigenvalue weighted by molar-refractivity contribution is 6.31. The van der Waals surface area contributed by atoms with Gasteiger partial charge in [0.2, 0.25) is 6.04 Å². The first-order valence-corrected chi connectivity index (χ1v) is 15.5. The van der Waals surface area contributed by atoms with Crippen molar-refractivity contribution in [1.29, 1.82) is 0 Å². The maximum Gasteiger partial charge on any atom is 0.338 e. The van der Waals surface area contributed by atoms with Crippen molar-refractivity contribution >= 4 is 52.2 Å². The molecule has 1 spiro atoms. The fourth-order valence-electron chi connectivity index (χ4n) is 7.34. The van der Waals surface area contributed by atoms with E-state index in [1.807, 2.05) is 0 Å². The molecule has 1 saturated carbocycles. The third-order valence-electron chi connectivity index (χ3n) is 9.58. The topological polar surface area (TPSA) is 162 Å². The third-order valence-corrected chi connectivity index (χ3v) is 10.1. The Morgan fingerprint density at radius 2 is 1.85 bits per heavy atom. The van der Waals surface area contributed by atoms with Crippen LogP contribution < -0.4 is 5.32 Å². The van der Waals surface area contributed by atoms with Crippen LogP contribution in [0.25, 0.3) is 0 Å². The summed E-state index contributed by atoms with van der Waals surface area (Å²) in [7, 11) is 1.10. The summed E-state index contributed by atoms with van der Waals surface area (Å²) in [5.74, 6) is -4.76. The van der Waals surface area contributed by atoms with E-state index in [9.17, 15) is 34.6 Å². The lowest BCUT2D eigenvalue weighted by atomic mass is 9.73. The maximum atomic E-state index is 16.0. The van der Waals surface area contributed by atoms with Gasteiger partial charge in [-0.2, -0.15) is 0 Å². The Morgan fingerprint density at radius 1 is 1.11 bits per heavy atom. The summed E-state index contributed by atoms with van der Waals surface area (Å²) in [4.78, 5) is 65.8. The third kappa shape index (κ3) is 5.22. The Morgan fingerprint density at radius 3 is 2.49 bits per heavy atom. The smallest absolute Gasteiger partial charge is 0.338 e. The Kier molecular flexibility index (Phi) is 8.49. The Bertz CT molecular complexity index is 1850. The van der Waals surface area contributed by atoms with Gasteiger partial charge >= 0.3 is 5.97 Å². The van der Waals surface area contributed by atoms with Crippen LogP contribution in [-0.2, 0) is 15.1 Å². The molecule has 1 N–H and O–H groups in total. The standard InChI is InChI=1S/C32H27Cl2FN4O8/c1-47-30(41)17-8-10-19(24(12-17)38(43)44)26(40)14-25-29(39(45)46)27(20-6-3-7-22(34)28(20)35)32(37(25)15-16-4-2-5-16)21-11-9-18(33)13-23(21)36-31(32)42/h3,6-13,16,25,27,29H,2,4-5,14-15H2,1H3,(H,36,42)/t25-,27-,29+,32+/m0/s1. The lowest BCUT2D eigenvalue weighted by Gasteiger charge is -2.42. The number of Topliss-reactive ketones (excluding diaryl/α,β-unsaturated/α-hetero) is 1. The molecular formula is C32H27Cl2FN4O8. The molecule has 0 aromatic heterocycles. The van der Waals surface area contributed by atoms with E-state index in [0.29, 0.717) is 5.56 Å². The number of likely N-dealkylation sites (tertiary alicyclic amines) is 1. The lowest BCUT2D eigenvalue weighted by Crippen LogP contribution is -2.54. The van der Waals surface area contributed by atoms with Crippen LogP contribution in [0.3, 0.4) is 0 Å². The van der Waals surface area contributed by atoms with E-state index in [2.05, 4.69) is 10.1 Å². The number of carbonyl (C=O) groups excluding carboxylic acids is 3. The van der Waals surface area contributed by atoms with Crippen molar-refractivity contribution in [2.24, 2.45) is 5.92 Å². The van der Waals surface area contributed by atoms with E-state index in [1.54, 1.807) is 11.0 Å². The predicted octanol–water partition coefficient (Wildman–Crippen LogP) is 6.16. The number of esters is 1. The maximum absolute atomic E-state index is 16.0. The number of ketones is 1. The molecule has 3 aliphatic rings. The molecule has 12 nitrogen and oxygen atoms in total. The van der Waals surface area contributed by atoms with Gasteiger partial charge in [0, 0.05) is 45.8 Å². The van der Waals surface area contributed by atoms with Crippen molar-refractivity contribution in [2.45, 2.75) is 49.2 Å². The molecular weight excluding hydrogens is 658 g/mol. The number of rotatable bonds is 9. The quantitative estimate of drug-likeness (QED) is 0.120. The first-order valence-electron chi connectivity index (χ1n) is 14.8. The number of halogens is 3. The summed E-state index contributed by atoms with van der Waals surface area (Å²) >= 11 is 12.5. The van der Waals surface area contributed by atoms with E-state index < -0.39 is 69.0 Å². The number of hydrogen-bond acceptors (Lipinski definition) is 9. The molecule has 0 bridgehead atoms. The van der Waals surface area contributed by atoms with Crippen molar-refractivity contribution in [3.63, 3.8) is 0 Å². The zero-order valence-corrected chi connectivity index (χ0v) is 26.3. The zero-order chi connectivity index (χ0) is 33.8. The SMILES string of the molecule is COC(=O)c1ccc(C(=O)C[C@H]2[C@@H]([N+](=O)[O-])[C@H](c3cccc(Cl)c3F)[C@]3(C(=O)Nc4cc(Cl)ccc43)N2CC2CCC2)c([N+](=O)[O-])c1. The van der Waals surface area contributed by atoms with Crippen molar-refractivity contribution in [2.75, 3.05) is 19.0 Å². The first-order chi connectivity index (χ1) is 22.4. The van der Waals surface area contributed by atoms with Crippen LogP contribution >= 0.6 is 23.2 Å². The van der Waals surface area contributed by atoms with Crippen LogP contribution in [-0.4, -0.2) is 58.1 Å². The molecule has 0 unspecified atom stereocenters. The minimum atomic E-state index is -1.87. The van der Waals surface area contributed by atoms with Crippen molar-refractivity contribution in [3.05, 3.63) is 113 Å². The minimum Gasteiger partial charge on any atom is -0.465 e. The number of nitro groups is 2. The number of amides is 1. The second-order valence-electron chi connectivity index (χ2n) is 11.9. The van der Waals surface area contributed by atoms with E-state index in [-0.39, 0.29) is 44.9 Å². The van der Waals surface area contributed by atoms with Crippen LogP contribution in [0.4, 0.5) is 15.8 Å². The molecule has 4 atom stereocenters. The molecule has 2 heterocycles. The molecule has 2 fully saturated rings. The Labute approximate surface area is 277 Å². The van der Waals surface area contributed by atoms with Gasteiger partial charge in [0.05, 0.1) is 40.1 Å². The van der Waals surface area contributed by atoms with Gasteiger partial charge in [-0.25, -0.2) is 9.18 Å². The van der Waals surface area contributed by atoms with Crippen LogP contribution in [0.15, 0.2) is 54.6 Å². The fraction of sp³-hybridized carbons (Fsp3) is 0.344. The van der Waals surface area contributed by atoms with Gasteiger partial charge in [0.1, 0.15) is 11.4 Å². The summed E-state index contributed by atoms with van der Waals surface area (Å²) in [6.07, 6.45) is 1.80. The van der Waals surface area contributed by atoms with E-state index in [4.69, 9.17) is 23.2 Å². The van der Waals surface area contributed by atoms with Gasteiger partial charge in [0.15, 0.2) is 5.78 Å². The number of hydrogen-bond donors (Lipinski definition) is 1. The van der Waals surface area contributed by atoms with Crippen LogP contribution in [0.2, 0.25) is 10.0 Å². The number of nitrogens with zero attached hydrogens (tertiary/aromatic N) is 3. The zero-order valence-electron chi connectivity index (χ0n) is 24.8. The summed E-state index contributed by atoms with van der Waals surface area (Å²) < 4.78 is 20.6. The Balaban J connectivity index is 1.57. The normalized spacial score (nSPS) is 23.7. The largest absolute Gasteiger partial charge is 0.465 e. The van der Waals surface area contributed by atoms with Gasteiger partial charge in [-0.05, 0) is 49.1 Å². The lowest BCUT2D eigenvalue weighted by molar-refractivity contribution is -0.528. The van der Waals surface area contributed by atoms with Gasteiger partial charge in [-0.3, -0.25) is 34.7 Å². The highest BCUT2D eigenvalue weighted by Crippen LogP contribution is 2.59. The molecule has 0 radical (unpaired) electrons. The van der Waals surface area contributed by atoms with E-state index >= 15 is 4.39 Å². The van der Waals surface area contributed by atoms with Crippen LogP contribution in [0, 0.1) is 32.0 Å². The van der Waals surface area contributed by atoms with Gasteiger partial charge in [0.25, 0.3) is 11.6 Å². The number of nitrogens with one attached hydrogen (secondary N) is 1. The predicted molar refractivity (Wildman–Crippen MR) is 168 cm³/mol.